The summed E-state index contributed by atoms with van der Waals surface area (Å²) in [6.45, 7) is 5.04. The standard InChI is InChI=1S/C21H24N4/c1-16-13-17(2)15-19(14-16)24-20-10-12-23-21(25-20)22-11-6-9-18-7-4-3-5-8-18/h3-5,7-8,10,12-15H,6,9,11H2,1-2H3,(H2,22,23,24,25). The Hall–Kier alpha value is -2.88. The highest BCUT2D eigenvalue weighted by molar-refractivity contribution is 5.58. The maximum Gasteiger partial charge on any atom is 0.224 e. The van der Waals surface area contributed by atoms with Crippen molar-refractivity contribution >= 4 is 17.5 Å². The van der Waals surface area contributed by atoms with Gasteiger partial charge in [0.2, 0.25) is 5.95 Å². The summed E-state index contributed by atoms with van der Waals surface area (Å²) in [6, 6.07) is 18.8. The Morgan fingerprint density at radius 2 is 1.68 bits per heavy atom. The zero-order valence-corrected chi connectivity index (χ0v) is 14.8. The van der Waals surface area contributed by atoms with Crippen molar-refractivity contribution in [2.24, 2.45) is 0 Å². The largest absolute Gasteiger partial charge is 0.354 e. The Kier molecular flexibility index (Phi) is 5.62. The first kappa shape index (κ1) is 17.0. The quantitative estimate of drug-likeness (QED) is 0.605. The number of aryl methyl sites for hydroxylation is 3. The van der Waals surface area contributed by atoms with Gasteiger partial charge >= 0.3 is 0 Å². The first-order valence-electron chi connectivity index (χ1n) is 8.65. The van der Waals surface area contributed by atoms with Gasteiger partial charge in [-0.3, -0.25) is 0 Å². The van der Waals surface area contributed by atoms with E-state index >= 15 is 0 Å². The lowest BCUT2D eigenvalue weighted by Gasteiger charge is -2.10. The topological polar surface area (TPSA) is 49.8 Å². The molecule has 0 bridgehead atoms. The van der Waals surface area contributed by atoms with Crippen molar-refractivity contribution < 1.29 is 0 Å². The average Bonchev–Trinajstić information content (AvgIpc) is 2.59. The third kappa shape index (κ3) is 5.31. The van der Waals surface area contributed by atoms with E-state index in [2.05, 4.69) is 76.9 Å². The minimum absolute atomic E-state index is 0.655. The fourth-order valence-electron chi connectivity index (χ4n) is 2.85. The molecule has 0 atom stereocenters. The number of aromatic nitrogens is 2. The lowest BCUT2D eigenvalue weighted by atomic mass is 10.1. The van der Waals surface area contributed by atoms with Crippen LogP contribution in [0.1, 0.15) is 23.1 Å². The van der Waals surface area contributed by atoms with Crippen LogP contribution in [-0.2, 0) is 6.42 Å². The lowest BCUT2D eigenvalue weighted by molar-refractivity contribution is 0.853. The van der Waals surface area contributed by atoms with Crippen LogP contribution in [0.2, 0.25) is 0 Å². The molecule has 2 aromatic carbocycles. The van der Waals surface area contributed by atoms with Crippen molar-refractivity contribution in [3.63, 3.8) is 0 Å². The summed E-state index contributed by atoms with van der Waals surface area (Å²) in [5.74, 6) is 1.45. The second-order valence-corrected chi connectivity index (χ2v) is 6.28. The van der Waals surface area contributed by atoms with E-state index in [1.807, 2.05) is 12.1 Å². The van der Waals surface area contributed by atoms with Gasteiger partial charge in [-0.25, -0.2) is 4.98 Å². The van der Waals surface area contributed by atoms with Crippen LogP contribution >= 0.6 is 0 Å². The number of anilines is 3. The Labute approximate surface area is 149 Å². The summed E-state index contributed by atoms with van der Waals surface area (Å²) in [4.78, 5) is 8.84. The smallest absolute Gasteiger partial charge is 0.224 e. The molecule has 4 nitrogen and oxygen atoms in total. The number of rotatable bonds is 7. The molecule has 128 valence electrons. The Morgan fingerprint density at radius 3 is 2.44 bits per heavy atom. The van der Waals surface area contributed by atoms with Gasteiger partial charge < -0.3 is 10.6 Å². The Morgan fingerprint density at radius 1 is 0.920 bits per heavy atom. The molecule has 0 saturated heterocycles. The fraction of sp³-hybridized carbons (Fsp3) is 0.238. The number of benzene rings is 2. The summed E-state index contributed by atoms with van der Waals surface area (Å²) in [7, 11) is 0. The molecule has 0 aliphatic heterocycles. The highest BCUT2D eigenvalue weighted by Gasteiger charge is 2.01. The molecule has 0 saturated carbocycles. The van der Waals surface area contributed by atoms with E-state index in [-0.39, 0.29) is 0 Å². The number of nitrogens with one attached hydrogen (secondary N) is 2. The molecule has 0 aliphatic rings. The van der Waals surface area contributed by atoms with Crippen LogP contribution in [0, 0.1) is 13.8 Å². The van der Waals surface area contributed by atoms with Crippen molar-refractivity contribution in [1.29, 1.82) is 0 Å². The third-order valence-corrected chi connectivity index (χ3v) is 3.92. The van der Waals surface area contributed by atoms with E-state index in [0.29, 0.717) is 5.95 Å². The normalized spacial score (nSPS) is 10.5. The average molecular weight is 332 g/mol. The number of hydrogen-bond acceptors (Lipinski definition) is 4. The van der Waals surface area contributed by atoms with E-state index in [4.69, 9.17) is 0 Å². The molecule has 0 radical (unpaired) electrons. The summed E-state index contributed by atoms with van der Waals surface area (Å²) in [6.07, 6.45) is 3.87. The Balaban J connectivity index is 1.54. The van der Waals surface area contributed by atoms with Crippen LogP contribution in [0.4, 0.5) is 17.5 Å². The molecule has 0 amide bonds. The fourth-order valence-corrected chi connectivity index (χ4v) is 2.85. The summed E-state index contributed by atoms with van der Waals surface area (Å²) in [5.41, 5.74) is 4.87. The van der Waals surface area contributed by atoms with Crippen LogP contribution < -0.4 is 10.6 Å². The monoisotopic (exact) mass is 332 g/mol. The van der Waals surface area contributed by atoms with Gasteiger partial charge in [-0.2, -0.15) is 4.98 Å². The minimum Gasteiger partial charge on any atom is -0.354 e. The molecule has 0 fully saturated rings. The molecule has 2 N–H and O–H groups in total. The molecule has 0 aliphatic carbocycles. The van der Waals surface area contributed by atoms with E-state index in [0.717, 1.165) is 30.9 Å². The summed E-state index contributed by atoms with van der Waals surface area (Å²) < 4.78 is 0. The third-order valence-electron chi connectivity index (χ3n) is 3.92. The molecule has 0 unspecified atom stereocenters. The van der Waals surface area contributed by atoms with Gasteiger partial charge in [0.15, 0.2) is 0 Å². The second-order valence-electron chi connectivity index (χ2n) is 6.28. The molecule has 25 heavy (non-hydrogen) atoms. The number of hydrogen-bond donors (Lipinski definition) is 2. The molecular weight excluding hydrogens is 308 g/mol. The van der Waals surface area contributed by atoms with Gasteiger partial charge in [-0.1, -0.05) is 36.4 Å². The zero-order valence-electron chi connectivity index (χ0n) is 14.8. The maximum atomic E-state index is 4.54. The van der Waals surface area contributed by atoms with Gasteiger partial charge in [0.05, 0.1) is 0 Å². The van der Waals surface area contributed by atoms with Gasteiger partial charge in [-0.05, 0) is 61.6 Å². The van der Waals surface area contributed by atoms with E-state index < -0.39 is 0 Å². The lowest BCUT2D eigenvalue weighted by Crippen LogP contribution is -2.07. The zero-order chi connectivity index (χ0) is 17.5. The van der Waals surface area contributed by atoms with Gasteiger partial charge in [-0.15, -0.1) is 0 Å². The predicted molar refractivity (Wildman–Crippen MR) is 104 cm³/mol. The van der Waals surface area contributed by atoms with Gasteiger partial charge in [0, 0.05) is 18.4 Å². The molecule has 4 heteroatoms. The van der Waals surface area contributed by atoms with E-state index in [1.165, 1.54) is 16.7 Å². The summed E-state index contributed by atoms with van der Waals surface area (Å²) in [5, 5.41) is 6.65. The molecule has 1 aromatic heterocycles. The molecule has 0 spiro atoms. The molecule has 1 heterocycles. The van der Waals surface area contributed by atoms with Crippen LogP contribution in [0.3, 0.4) is 0 Å². The predicted octanol–water partition coefficient (Wildman–Crippen LogP) is 4.88. The Bertz CT molecular complexity index is 795. The second kappa shape index (κ2) is 8.29. The van der Waals surface area contributed by atoms with E-state index in [1.54, 1.807) is 6.20 Å². The van der Waals surface area contributed by atoms with Crippen LogP contribution in [0.15, 0.2) is 60.8 Å². The number of nitrogens with zero attached hydrogens (tertiary/aromatic N) is 2. The molecular formula is C21H24N4. The van der Waals surface area contributed by atoms with Crippen molar-refractivity contribution in [3.8, 4) is 0 Å². The highest BCUT2D eigenvalue weighted by Crippen LogP contribution is 2.18. The van der Waals surface area contributed by atoms with Gasteiger partial charge in [0.25, 0.3) is 0 Å². The van der Waals surface area contributed by atoms with Crippen molar-refractivity contribution in [2.45, 2.75) is 26.7 Å². The minimum atomic E-state index is 0.655. The maximum absolute atomic E-state index is 4.54. The highest BCUT2D eigenvalue weighted by atomic mass is 15.1. The first-order chi connectivity index (χ1) is 12.2. The molecule has 3 aromatic rings. The molecule has 3 rings (SSSR count). The van der Waals surface area contributed by atoms with Gasteiger partial charge in [0.1, 0.15) is 5.82 Å². The SMILES string of the molecule is Cc1cc(C)cc(Nc2ccnc(NCCCc3ccccc3)n2)c1. The van der Waals surface area contributed by atoms with Crippen molar-refractivity contribution in [3.05, 3.63) is 77.5 Å². The van der Waals surface area contributed by atoms with Crippen molar-refractivity contribution in [1.82, 2.24) is 9.97 Å². The van der Waals surface area contributed by atoms with E-state index in [9.17, 15) is 0 Å². The van der Waals surface area contributed by atoms with Crippen LogP contribution in [-0.4, -0.2) is 16.5 Å². The van der Waals surface area contributed by atoms with Crippen LogP contribution in [0.25, 0.3) is 0 Å². The first-order valence-corrected chi connectivity index (χ1v) is 8.65. The summed E-state index contributed by atoms with van der Waals surface area (Å²) >= 11 is 0. The van der Waals surface area contributed by atoms with Crippen molar-refractivity contribution in [2.75, 3.05) is 17.2 Å². The van der Waals surface area contributed by atoms with Crippen LogP contribution in [0.5, 0.6) is 0 Å².